The van der Waals surface area contributed by atoms with Gasteiger partial charge in [-0.1, -0.05) is 13.5 Å². The molecular formula is C12H23NO2. The van der Waals surface area contributed by atoms with Crippen molar-refractivity contribution in [3.63, 3.8) is 0 Å². The molecule has 0 spiro atoms. The third-order valence-corrected chi connectivity index (χ3v) is 2.26. The second-order valence-corrected chi connectivity index (χ2v) is 4.40. The van der Waals surface area contributed by atoms with Crippen LogP contribution in [-0.2, 0) is 9.53 Å². The molecule has 0 rings (SSSR count). The van der Waals surface area contributed by atoms with Crippen molar-refractivity contribution in [2.45, 2.75) is 26.7 Å². The van der Waals surface area contributed by atoms with E-state index in [1.807, 2.05) is 0 Å². The van der Waals surface area contributed by atoms with Gasteiger partial charge in [-0.25, -0.2) is 4.79 Å². The summed E-state index contributed by atoms with van der Waals surface area (Å²) in [4.78, 5) is 13.2. The summed E-state index contributed by atoms with van der Waals surface area (Å²) in [6, 6.07) is 0. The Bertz CT molecular complexity index is 212. The van der Waals surface area contributed by atoms with E-state index < -0.39 is 0 Å². The lowest BCUT2D eigenvalue weighted by molar-refractivity contribution is -0.139. The molecule has 0 aliphatic heterocycles. The van der Waals surface area contributed by atoms with Gasteiger partial charge in [0.2, 0.25) is 0 Å². The standard InChI is InChI=1S/C12H23NO2/c1-10(2)12(14)15-9-7-11(3)6-8-13(4)5/h11H,1,6-9H2,2-5H3. The van der Waals surface area contributed by atoms with Crippen LogP contribution in [0.5, 0.6) is 0 Å². The van der Waals surface area contributed by atoms with Crippen molar-refractivity contribution >= 4 is 5.97 Å². The molecule has 0 saturated heterocycles. The first-order chi connectivity index (χ1) is 6.93. The zero-order valence-corrected chi connectivity index (χ0v) is 10.4. The van der Waals surface area contributed by atoms with E-state index in [-0.39, 0.29) is 5.97 Å². The Labute approximate surface area is 93.1 Å². The highest BCUT2D eigenvalue weighted by Crippen LogP contribution is 2.08. The molecule has 0 aromatic rings. The lowest BCUT2D eigenvalue weighted by Gasteiger charge is -2.14. The van der Waals surface area contributed by atoms with Crippen LogP contribution in [0.1, 0.15) is 26.7 Å². The molecule has 15 heavy (non-hydrogen) atoms. The lowest BCUT2D eigenvalue weighted by atomic mass is 10.0. The largest absolute Gasteiger partial charge is 0.462 e. The SMILES string of the molecule is C=C(C)C(=O)OCCC(C)CCN(C)C. The Kier molecular flexibility index (Phi) is 7.05. The van der Waals surface area contributed by atoms with Crippen LogP contribution in [-0.4, -0.2) is 38.1 Å². The molecule has 0 radical (unpaired) electrons. The molecule has 1 atom stereocenters. The normalized spacial score (nSPS) is 12.6. The fraction of sp³-hybridized carbons (Fsp3) is 0.750. The minimum atomic E-state index is -0.283. The molecule has 0 aromatic carbocycles. The predicted octanol–water partition coefficient (Wildman–Crippen LogP) is 2.08. The third-order valence-electron chi connectivity index (χ3n) is 2.26. The van der Waals surface area contributed by atoms with Gasteiger partial charge in [-0.3, -0.25) is 0 Å². The smallest absolute Gasteiger partial charge is 0.333 e. The van der Waals surface area contributed by atoms with Gasteiger partial charge in [0.15, 0.2) is 0 Å². The Hall–Kier alpha value is -0.830. The lowest BCUT2D eigenvalue weighted by Crippen LogP contribution is -2.17. The van der Waals surface area contributed by atoms with Gasteiger partial charge in [0.05, 0.1) is 6.61 Å². The Morgan fingerprint density at radius 1 is 1.40 bits per heavy atom. The fourth-order valence-electron chi connectivity index (χ4n) is 1.10. The maximum absolute atomic E-state index is 11.1. The van der Waals surface area contributed by atoms with Gasteiger partial charge < -0.3 is 9.64 Å². The van der Waals surface area contributed by atoms with Crippen molar-refractivity contribution in [1.82, 2.24) is 4.90 Å². The number of carbonyl (C=O) groups excluding carboxylic acids is 1. The second-order valence-electron chi connectivity index (χ2n) is 4.40. The molecule has 0 aliphatic carbocycles. The second kappa shape index (κ2) is 7.46. The summed E-state index contributed by atoms with van der Waals surface area (Å²) in [5.74, 6) is 0.306. The minimum absolute atomic E-state index is 0.283. The van der Waals surface area contributed by atoms with E-state index in [2.05, 4.69) is 32.5 Å². The number of carbonyl (C=O) groups is 1. The maximum Gasteiger partial charge on any atom is 0.333 e. The molecule has 1 unspecified atom stereocenters. The average Bonchev–Trinajstić information content (AvgIpc) is 2.14. The van der Waals surface area contributed by atoms with Gasteiger partial charge in [0, 0.05) is 5.57 Å². The zero-order chi connectivity index (χ0) is 11.8. The van der Waals surface area contributed by atoms with Crippen molar-refractivity contribution in [3.05, 3.63) is 12.2 Å². The number of rotatable bonds is 7. The highest BCUT2D eigenvalue weighted by atomic mass is 16.5. The Balaban J connectivity index is 3.50. The zero-order valence-electron chi connectivity index (χ0n) is 10.4. The van der Waals surface area contributed by atoms with E-state index in [4.69, 9.17) is 4.74 Å². The monoisotopic (exact) mass is 213 g/mol. The van der Waals surface area contributed by atoms with Crippen LogP contribution in [0.3, 0.4) is 0 Å². The molecule has 3 nitrogen and oxygen atoms in total. The van der Waals surface area contributed by atoms with Crippen LogP contribution >= 0.6 is 0 Å². The van der Waals surface area contributed by atoms with E-state index in [1.54, 1.807) is 6.92 Å². The van der Waals surface area contributed by atoms with Crippen LogP contribution in [0, 0.1) is 5.92 Å². The molecule has 3 heteroatoms. The van der Waals surface area contributed by atoms with Crippen molar-refractivity contribution in [3.8, 4) is 0 Å². The third kappa shape index (κ3) is 8.18. The summed E-state index contributed by atoms with van der Waals surface area (Å²) in [7, 11) is 4.13. The number of esters is 1. The molecular weight excluding hydrogens is 190 g/mol. The summed E-state index contributed by atoms with van der Waals surface area (Å²) in [6.45, 7) is 8.95. The van der Waals surface area contributed by atoms with Gasteiger partial charge in [0.25, 0.3) is 0 Å². The Morgan fingerprint density at radius 3 is 2.47 bits per heavy atom. The van der Waals surface area contributed by atoms with Crippen LogP contribution in [0.4, 0.5) is 0 Å². The fourth-order valence-corrected chi connectivity index (χ4v) is 1.10. The van der Waals surface area contributed by atoms with E-state index in [0.29, 0.717) is 18.1 Å². The number of ether oxygens (including phenoxy) is 1. The molecule has 88 valence electrons. The van der Waals surface area contributed by atoms with Crippen LogP contribution in [0.2, 0.25) is 0 Å². The number of hydrogen-bond acceptors (Lipinski definition) is 3. The van der Waals surface area contributed by atoms with Gasteiger partial charge >= 0.3 is 5.97 Å². The summed E-state index contributed by atoms with van der Waals surface area (Å²) in [6.07, 6.45) is 2.06. The molecule has 0 saturated carbocycles. The minimum Gasteiger partial charge on any atom is -0.462 e. The van der Waals surface area contributed by atoms with Crippen molar-refractivity contribution in [2.75, 3.05) is 27.2 Å². The topological polar surface area (TPSA) is 29.5 Å². The molecule has 0 aliphatic rings. The first-order valence-corrected chi connectivity index (χ1v) is 5.40. The van der Waals surface area contributed by atoms with E-state index in [0.717, 1.165) is 19.4 Å². The average molecular weight is 213 g/mol. The number of hydrogen-bond donors (Lipinski definition) is 0. The molecule has 0 heterocycles. The van der Waals surface area contributed by atoms with Crippen molar-refractivity contribution < 1.29 is 9.53 Å². The van der Waals surface area contributed by atoms with Crippen LogP contribution < -0.4 is 0 Å². The quantitative estimate of drug-likeness (QED) is 0.479. The van der Waals surface area contributed by atoms with E-state index in [9.17, 15) is 4.79 Å². The summed E-state index contributed by atoms with van der Waals surface area (Å²) >= 11 is 0. The first-order valence-electron chi connectivity index (χ1n) is 5.40. The summed E-state index contributed by atoms with van der Waals surface area (Å²) in [5.41, 5.74) is 0.468. The van der Waals surface area contributed by atoms with Crippen molar-refractivity contribution in [1.29, 1.82) is 0 Å². The maximum atomic E-state index is 11.1. The predicted molar refractivity (Wildman–Crippen MR) is 62.7 cm³/mol. The molecule has 0 N–H and O–H groups in total. The molecule has 0 fully saturated rings. The molecule has 0 bridgehead atoms. The van der Waals surface area contributed by atoms with Gasteiger partial charge in [-0.05, 0) is 46.3 Å². The highest BCUT2D eigenvalue weighted by molar-refractivity contribution is 5.86. The van der Waals surface area contributed by atoms with Crippen LogP contribution in [0.25, 0.3) is 0 Å². The van der Waals surface area contributed by atoms with E-state index >= 15 is 0 Å². The molecule has 0 aromatic heterocycles. The van der Waals surface area contributed by atoms with Gasteiger partial charge in [0.1, 0.15) is 0 Å². The van der Waals surface area contributed by atoms with Gasteiger partial charge in [-0.2, -0.15) is 0 Å². The van der Waals surface area contributed by atoms with E-state index in [1.165, 1.54) is 0 Å². The highest BCUT2D eigenvalue weighted by Gasteiger charge is 2.06. The Morgan fingerprint density at radius 2 is 2.00 bits per heavy atom. The number of nitrogens with zero attached hydrogens (tertiary/aromatic N) is 1. The van der Waals surface area contributed by atoms with Crippen molar-refractivity contribution in [2.24, 2.45) is 5.92 Å². The summed E-state index contributed by atoms with van der Waals surface area (Å²) in [5, 5.41) is 0. The molecule has 0 amide bonds. The first kappa shape index (κ1) is 14.2. The van der Waals surface area contributed by atoms with Crippen LogP contribution in [0.15, 0.2) is 12.2 Å². The van der Waals surface area contributed by atoms with Gasteiger partial charge in [-0.15, -0.1) is 0 Å². The summed E-state index contributed by atoms with van der Waals surface area (Å²) < 4.78 is 5.03.